The summed E-state index contributed by atoms with van der Waals surface area (Å²) >= 11 is 0. The Kier molecular flexibility index (Phi) is 4.18. The molecule has 1 aliphatic rings. The van der Waals surface area contributed by atoms with Crippen molar-refractivity contribution in [3.63, 3.8) is 0 Å². The van der Waals surface area contributed by atoms with E-state index in [4.69, 9.17) is 4.98 Å². The fraction of sp³-hybridized carbons (Fsp3) is 0. The highest BCUT2D eigenvalue weighted by molar-refractivity contribution is 6.34. The van der Waals surface area contributed by atoms with E-state index in [0.717, 1.165) is 39.5 Å². The van der Waals surface area contributed by atoms with E-state index in [9.17, 15) is 0 Å². The highest BCUT2D eigenvalue weighted by atomic mass is 15.2. The molecule has 8 aromatic carbocycles. The molecule has 0 radical (unpaired) electrons. The normalized spacial score (nSPS) is 12.7. The van der Waals surface area contributed by atoms with E-state index in [1.54, 1.807) is 0 Å². The largest absolute Gasteiger partial charge is 0.306 e. The van der Waals surface area contributed by atoms with Crippen molar-refractivity contribution < 1.29 is 0 Å². The topological polar surface area (TPSA) is 21.1 Å². The monoisotopic (exact) mass is 533 g/mol. The first-order valence-corrected chi connectivity index (χ1v) is 14.4. The average Bonchev–Trinajstić information content (AvgIpc) is 3.45. The zero-order chi connectivity index (χ0) is 27.4. The number of nitrogens with zero attached hydrogens (tertiary/aromatic N) is 3. The van der Waals surface area contributed by atoms with Crippen LogP contribution in [0.15, 0.2) is 140 Å². The quantitative estimate of drug-likeness (QED) is 0.163. The molecule has 0 unspecified atom stereocenters. The molecule has 1 aliphatic heterocycles. The van der Waals surface area contributed by atoms with Crippen LogP contribution in [0.4, 0.5) is 17.1 Å². The standard InChI is InChI=1S/C39H23N3/c1-2-10-25(11-3-1)39-40-31-18-9-21-35-38(31)42(39)34-20-5-4-19-33(34)41(35)32-23-22-29-27-15-7-13-24-12-6-14-26(36(24)27)28-16-8-17-30(32)37(28)29/h1-23H. The van der Waals surface area contributed by atoms with E-state index in [-0.39, 0.29) is 0 Å². The summed E-state index contributed by atoms with van der Waals surface area (Å²) in [5, 5.41) is 10.4. The molecule has 3 nitrogen and oxygen atoms in total. The summed E-state index contributed by atoms with van der Waals surface area (Å²) in [6.07, 6.45) is 0. The predicted molar refractivity (Wildman–Crippen MR) is 176 cm³/mol. The lowest BCUT2D eigenvalue weighted by molar-refractivity contribution is 1.07. The molecule has 0 amide bonds. The number of hydrogen-bond acceptors (Lipinski definition) is 2. The Morgan fingerprint density at radius 1 is 0.405 bits per heavy atom. The van der Waals surface area contributed by atoms with Gasteiger partial charge in [-0.1, -0.05) is 109 Å². The van der Waals surface area contributed by atoms with E-state index in [0.29, 0.717) is 0 Å². The number of para-hydroxylation sites is 3. The number of hydrogen-bond donors (Lipinski definition) is 0. The summed E-state index contributed by atoms with van der Waals surface area (Å²) in [6.45, 7) is 0. The summed E-state index contributed by atoms with van der Waals surface area (Å²) in [4.78, 5) is 7.62. The lowest BCUT2D eigenvalue weighted by Crippen LogP contribution is -2.18. The Morgan fingerprint density at radius 3 is 1.83 bits per heavy atom. The van der Waals surface area contributed by atoms with Gasteiger partial charge >= 0.3 is 0 Å². The minimum atomic E-state index is 0.965. The van der Waals surface area contributed by atoms with Crippen molar-refractivity contribution in [2.24, 2.45) is 0 Å². The summed E-state index contributed by atoms with van der Waals surface area (Å²) in [5.41, 5.74) is 7.83. The maximum Gasteiger partial charge on any atom is 0.145 e. The number of benzene rings is 8. The molecule has 2 heterocycles. The van der Waals surface area contributed by atoms with Crippen LogP contribution in [0.25, 0.3) is 71.2 Å². The van der Waals surface area contributed by atoms with Gasteiger partial charge in [-0.15, -0.1) is 0 Å². The third kappa shape index (κ3) is 2.72. The van der Waals surface area contributed by atoms with Gasteiger partial charge in [0.1, 0.15) is 5.82 Å². The van der Waals surface area contributed by atoms with Gasteiger partial charge in [0.15, 0.2) is 0 Å². The lowest BCUT2D eigenvalue weighted by Gasteiger charge is -2.34. The molecule has 42 heavy (non-hydrogen) atoms. The molecule has 0 saturated heterocycles. The number of fused-ring (bicyclic) bond motifs is 4. The Labute approximate surface area is 241 Å². The van der Waals surface area contributed by atoms with Crippen LogP contribution in [-0.2, 0) is 0 Å². The number of aromatic nitrogens is 2. The second-order valence-corrected chi connectivity index (χ2v) is 11.2. The average molecular weight is 534 g/mol. The molecular formula is C39H23N3. The molecule has 1 aromatic heterocycles. The first kappa shape index (κ1) is 22.1. The van der Waals surface area contributed by atoms with Crippen molar-refractivity contribution in [3.8, 4) is 17.1 Å². The molecule has 10 rings (SSSR count). The first-order chi connectivity index (χ1) is 20.9. The third-order valence-corrected chi connectivity index (χ3v) is 9.04. The fourth-order valence-electron chi connectivity index (χ4n) is 7.36. The van der Waals surface area contributed by atoms with Crippen LogP contribution in [0, 0.1) is 0 Å². The zero-order valence-electron chi connectivity index (χ0n) is 22.6. The molecular weight excluding hydrogens is 510 g/mol. The molecule has 0 N–H and O–H groups in total. The maximum atomic E-state index is 5.18. The maximum absolute atomic E-state index is 5.18. The van der Waals surface area contributed by atoms with Crippen molar-refractivity contribution in [1.29, 1.82) is 0 Å². The summed E-state index contributed by atoms with van der Waals surface area (Å²) in [7, 11) is 0. The van der Waals surface area contributed by atoms with Crippen molar-refractivity contribution in [2.75, 3.05) is 4.90 Å². The molecule has 0 saturated carbocycles. The van der Waals surface area contributed by atoms with Gasteiger partial charge in [-0.25, -0.2) is 4.98 Å². The molecule has 0 spiro atoms. The zero-order valence-corrected chi connectivity index (χ0v) is 22.6. The van der Waals surface area contributed by atoms with Crippen LogP contribution in [-0.4, -0.2) is 9.55 Å². The lowest BCUT2D eigenvalue weighted by atomic mass is 9.89. The predicted octanol–water partition coefficient (Wildman–Crippen LogP) is 10.5. The van der Waals surface area contributed by atoms with Crippen LogP contribution in [0.1, 0.15) is 0 Å². The number of rotatable bonds is 2. The highest BCUT2D eigenvalue weighted by Gasteiger charge is 2.30. The second-order valence-electron chi connectivity index (χ2n) is 11.2. The molecule has 0 bridgehead atoms. The fourth-order valence-corrected chi connectivity index (χ4v) is 7.36. The second kappa shape index (κ2) is 7.96. The first-order valence-electron chi connectivity index (χ1n) is 14.4. The molecule has 0 fully saturated rings. The van der Waals surface area contributed by atoms with Crippen LogP contribution in [0.2, 0.25) is 0 Å². The minimum absolute atomic E-state index is 0.965. The Morgan fingerprint density at radius 2 is 1.02 bits per heavy atom. The van der Waals surface area contributed by atoms with Crippen molar-refractivity contribution >= 4 is 71.2 Å². The SMILES string of the molecule is c1ccc(-c2nc3cccc4c3n2-c2ccccc2N4c2ccc3c4cccc5cccc(c6cccc2c63)c54)cc1. The van der Waals surface area contributed by atoms with E-state index >= 15 is 0 Å². The van der Waals surface area contributed by atoms with Crippen LogP contribution < -0.4 is 4.90 Å². The van der Waals surface area contributed by atoms with E-state index in [1.807, 2.05) is 0 Å². The van der Waals surface area contributed by atoms with Crippen molar-refractivity contribution in [3.05, 3.63) is 140 Å². The van der Waals surface area contributed by atoms with Crippen LogP contribution >= 0.6 is 0 Å². The van der Waals surface area contributed by atoms with Gasteiger partial charge < -0.3 is 4.90 Å². The molecule has 0 atom stereocenters. The highest BCUT2D eigenvalue weighted by Crippen LogP contribution is 2.51. The summed E-state index contributed by atoms with van der Waals surface area (Å²) in [5.74, 6) is 0.965. The molecule has 194 valence electrons. The third-order valence-electron chi connectivity index (χ3n) is 9.04. The van der Waals surface area contributed by atoms with Gasteiger partial charge in [0.05, 0.1) is 33.8 Å². The molecule has 0 aliphatic carbocycles. The van der Waals surface area contributed by atoms with E-state index in [1.165, 1.54) is 48.8 Å². The van der Waals surface area contributed by atoms with E-state index in [2.05, 4.69) is 149 Å². The van der Waals surface area contributed by atoms with Crippen LogP contribution in [0.5, 0.6) is 0 Å². The van der Waals surface area contributed by atoms with Gasteiger partial charge in [-0.05, 0) is 68.0 Å². The van der Waals surface area contributed by atoms with Gasteiger partial charge in [-0.2, -0.15) is 0 Å². The molecule has 3 heteroatoms. The van der Waals surface area contributed by atoms with Gasteiger partial charge in [0.25, 0.3) is 0 Å². The Hall–Kier alpha value is -5.67. The van der Waals surface area contributed by atoms with Gasteiger partial charge in [0, 0.05) is 10.9 Å². The minimum Gasteiger partial charge on any atom is -0.306 e. The smallest absolute Gasteiger partial charge is 0.145 e. The van der Waals surface area contributed by atoms with Gasteiger partial charge in [0.2, 0.25) is 0 Å². The molecule has 9 aromatic rings. The van der Waals surface area contributed by atoms with Crippen LogP contribution in [0.3, 0.4) is 0 Å². The number of imidazole rings is 1. The Bertz CT molecular complexity index is 2470. The van der Waals surface area contributed by atoms with Crippen molar-refractivity contribution in [1.82, 2.24) is 9.55 Å². The van der Waals surface area contributed by atoms with Crippen molar-refractivity contribution in [2.45, 2.75) is 0 Å². The summed E-state index contributed by atoms with van der Waals surface area (Å²) < 4.78 is 2.34. The van der Waals surface area contributed by atoms with Gasteiger partial charge in [-0.3, -0.25) is 4.57 Å². The number of anilines is 3. The summed E-state index contributed by atoms with van der Waals surface area (Å²) in [6, 6.07) is 50.5. The van der Waals surface area contributed by atoms with E-state index < -0.39 is 0 Å². The Balaban J connectivity index is 1.34.